The summed E-state index contributed by atoms with van der Waals surface area (Å²) >= 11 is 0. The van der Waals surface area contributed by atoms with Gasteiger partial charge in [-0.2, -0.15) is 0 Å². The molecule has 3 nitrogen and oxygen atoms in total. The molecule has 0 aromatic heterocycles. The van der Waals surface area contributed by atoms with Gasteiger partial charge in [0.15, 0.2) is 0 Å². The summed E-state index contributed by atoms with van der Waals surface area (Å²) in [4.78, 5) is 11.4. The number of nitrogens with two attached hydrogens (primary N) is 1. The highest BCUT2D eigenvalue weighted by atomic mass is 16.1. The quantitative estimate of drug-likeness (QED) is 0.657. The Bertz CT molecular complexity index is 157. The Morgan fingerprint density at radius 3 is 2.43 bits per heavy atom. The van der Waals surface area contributed by atoms with Crippen LogP contribution in [0.3, 0.4) is 0 Å². The van der Waals surface area contributed by atoms with Gasteiger partial charge in [0.1, 0.15) is 0 Å². The Hall–Kier alpha value is -0.570. The van der Waals surface area contributed by atoms with Gasteiger partial charge >= 0.3 is 0 Å². The lowest BCUT2D eigenvalue weighted by atomic mass is 10.1. The molecule has 3 heteroatoms. The second-order valence-corrected chi connectivity index (χ2v) is 4.18. The first-order chi connectivity index (χ1) is 6.60. The smallest absolute Gasteiger partial charge is 0.220 e. The highest BCUT2D eigenvalue weighted by molar-refractivity contribution is 5.76. The molecule has 0 aromatic carbocycles. The summed E-state index contributed by atoms with van der Waals surface area (Å²) in [5.74, 6) is 0.759. The van der Waals surface area contributed by atoms with Gasteiger partial charge in [0.25, 0.3) is 0 Å². The molecule has 0 aliphatic heterocycles. The van der Waals surface area contributed by atoms with Crippen LogP contribution in [0.15, 0.2) is 0 Å². The van der Waals surface area contributed by atoms with E-state index in [9.17, 15) is 4.79 Å². The fraction of sp³-hybridized carbons (Fsp3) is 0.909. The minimum absolute atomic E-state index is 0.166. The minimum atomic E-state index is 0.166. The first-order valence-corrected chi connectivity index (χ1v) is 5.59. The van der Waals surface area contributed by atoms with E-state index in [1.54, 1.807) is 0 Å². The Kier molecular flexibility index (Phi) is 7.48. The lowest BCUT2D eigenvalue weighted by molar-refractivity contribution is -0.122. The molecule has 0 saturated carbocycles. The Morgan fingerprint density at radius 2 is 2.00 bits per heavy atom. The zero-order chi connectivity index (χ0) is 11.0. The van der Waals surface area contributed by atoms with Gasteiger partial charge < -0.3 is 11.1 Å². The summed E-state index contributed by atoms with van der Waals surface area (Å²) in [6.45, 7) is 6.97. The molecule has 0 aliphatic rings. The van der Waals surface area contributed by atoms with Crippen molar-refractivity contribution in [1.82, 2.24) is 5.32 Å². The topological polar surface area (TPSA) is 55.1 Å². The Morgan fingerprint density at radius 1 is 1.36 bits per heavy atom. The Balaban J connectivity index is 3.67. The molecular formula is C11H24N2O. The molecule has 1 unspecified atom stereocenters. The molecular weight excluding hydrogens is 176 g/mol. The van der Waals surface area contributed by atoms with E-state index in [1.807, 2.05) is 0 Å². The molecule has 0 heterocycles. The van der Waals surface area contributed by atoms with E-state index >= 15 is 0 Å². The molecule has 1 atom stereocenters. The highest BCUT2D eigenvalue weighted by Crippen LogP contribution is 2.04. The maximum atomic E-state index is 11.4. The average Bonchev–Trinajstić information content (AvgIpc) is 2.14. The summed E-state index contributed by atoms with van der Waals surface area (Å²) in [5, 5.41) is 3.00. The van der Waals surface area contributed by atoms with Crippen LogP contribution in [0.25, 0.3) is 0 Å². The number of amides is 1. The molecule has 0 rings (SSSR count). The van der Waals surface area contributed by atoms with Gasteiger partial charge in [0, 0.05) is 12.5 Å². The molecule has 0 fully saturated rings. The van der Waals surface area contributed by atoms with Gasteiger partial charge in [-0.15, -0.1) is 0 Å². The number of rotatable bonds is 7. The van der Waals surface area contributed by atoms with Crippen molar-refractivity contribution >= 4 is 5.91 Å². The molecule has 14 heavy (non-hydrogen) atoms. The normalized spacial score (nSPS) is 12.9. The number of carbonyl (C=O) groups excluding carboxylic acids is 1. The van der Waals surface area contributed by atoms with Crippen LogP contribution in [-0.4, -0.2) is 18.5 Å². The third kappa shape index (κ3) is 6.89. The van der Waals surface area contributed by atoms with Crippen molar-refractivity contribution in [3.05, 3.63) is 0 Å². The lowest BCUT2D eigenvalue weighted by Crippen LogP contribution is -2.35. The molecule has 1 amide bonds. The molecule has 84 valence electrons. The summed E-state index contributed by atoms with van der Waals surface area (Å²) in [5.41, 5.74) is 5.45. The van der Waals surface area contributed by atoms with Crippen LogP contribution < -0.4 is 11.1 Å². The van der Waals surface area contributed by atoms with Crippen LogP contribution >= 0.6 is 0 Å². The van der Waals surface area contributed by atoms with Crippen molar-refractivity contribution in [2.45, 2.75) is 52.5 Å². The standard InChI is InChI=1S/C11H24N2O/c1-4-10(7-8-12)13-11(14)6-5-9(2)3/h9-10H,4-8,12H2,1-3H3,(H,13,14). The summed E-state index contributed by atoms with van der Waals surface area (Å²) in [7, 11) is 0. The number of nitrogens with one attached hydrogen (secondary N) is 1. The van der Waals surface area contributed by atoms with Crippen LogP contribution in [-0.2, 0) is 4.79 Å². The Labute approximate surface area is 87.4 Å². The van der Waals surface area contributed by atoms with Gasteiger partial charge in [-0.25, -0.2) is 0 Å². The van der Waals surface area contributed by atoms with Gasteiger partial charge in [-0.1, -0.05) is 20.8 Å². The van der Waals surface area contributed by atoms with Gasteiger partial charge in [0.05, 0.1) is 0 Å². The van der Waals surface area contributed by atoms with Gasteiger partial charge in [-0.05, 0) is 31.7 Å². The second-order valence-electron chi connectivity index (χ2n) is 4.18. The van der Waals surface area contributed by atoms with E-state index in [-0.39, 0.29) is 11.9 Å². The largest absolute Gasteiger partial charge is 0.353 e. The zero-order valence-electron chi connectivity index (χ0n) is 9.68. The third-order valence-corrected chi connectivity index (χ3v) is 2.32. The SMILES string of the molecule is CCC(CCN)NC(=O)CCC(C)C. The van der Waals surface area contributed by atoms with Crippen LogP contribution in [0.2, 0.25) is 0 Å². The first-order valence-electron chi connectivity index (χ1n) is 5.59. The molecule has 3 N–H and O–H groups in total. The average molecular weight is 200 g/mol. The van der Waals surface area contributed by atoms with Crippen LogP contribution in [0.4, 0.5) is 0 Å². The highest BCUT2D eigenvalue weighted by Gasteiger charge is 2.09. The van der Waals surface area contributed by atoms with E-state index < -0.39 is 0 Å². The van der Waals surface area contributed by atoms with E-state index in [4.69, 9.17) is 5.73 Å². The molecule has 0 aromatic rings. The molecule has 0 spiro atoms. The molecule has 0 radical (unpaired) electrons. The third-order valence-electron chi connectivity index (χ3n) is 2.32. The van der Waals surface area contributed by atoms with Crippen LogP contribution in [0.5, 0.6) is 0 Å². The van der Waals surface area contributed by atoms with E-state index in [0.717, 1.165) is 19.3 Å². The van der Waals surface area contributed by atoms with Crippen molar-refractivity contribution in [3.8, 4) is 0 Å². The van der Waals surface area contributed by atoms with Crippen LogP contribution in [0, 0.1) is 5.92 Å². The van der Waals surface area contributed by atoms with E-state index in [1.165, 1.54) is 0 Å². The van der Waals surface area contributed by atoms with E-state index in [2.05, 4.69) is 26.1 Å². The monoisotopic (exact) mass is 200 g/mol. The van der Waals surface area contributed by atoms with Crippen molar-refractivity contribution in [2.24, 2.45) is 11.7 Å². The fourth-order valence-electron chi connectivity index (χ4n) is 1.30. The molecule has 0 aliphatic carbocycles. The summed E-state index contributed by atoms with van der Waals surface area (Å²) in [6, 6.07) is 0.264. The lowest BCUT2D eigenvalue weighted by Gasteiger charge is -2.16. The fourth-order valence-corrected chi connectivity index (χ4v) is 1.30. The maximum Gasteiger partial charge on any atom is 0.220 e. The predicted octanol–water partition coefficient (Wildman–Crippen LogP) is 1.67. The van der Waals surface area contributed by atoms with Crippen molar-refractivity contribution in [2.75, 3.05) is 6.54 Å². The van der Waals surface area contributed by atoms with E-state index in [0.29, 0.717) is 18.9 Å². The van der Waals surface area contributed by atoms with Crippen molar-refractivity contribution in [3.63, 3.8) is 0 Å². The van der Waals surface area contributed by atoms with Crippen molar-refractivity contribution in [1.29, 1.82) is 0 Å². The zero-order valence-corrected chi connectivity index (χ0v) is 9.68. The van der Waals surface area contributed by atoms with Crippen LogP contribution in [0.1, 0.15) is 46.5 Å². The van der Waals surface area contributed by atoms with Crippen molar-refractivity contribution < 1.29 is 4.79 Å². The first kappa shape index (κ1) is 13.4. The maximum absolute atomic E-state index is 11.4. The summed E-state index contributed by atoms with van der Waals surface area (Å²) < 4.78 is 0. The molecule has 0 bridgehead atoms. The van der Waals surface area contributed by atoms with Gasteiger partial charge in [0.2, 0.25) is 5.91 Å². The van der Waals surface area contributed by atoms with Gasteiger partial charge in [-0.3, -0.25) is 4.79 Å². The molecule has 0 saturated heterocycles. The number of carbonyl (C=O) groups is 1. The summed E-state index contributed by atoms with van der Waals surface area (Å²) in [6.07, 6.45) is 3.44. The second kappa shape index (κ2) is 7.80. The number of hydrogen-bond acceptors (Lipinski definition) is 2. The minimum Gasteiger partial charge on any atom is -0.353 e. The predicted molar refractivity (Wildman–Crippen MR) is 60.0 cm³/mol. The number of hydrogen-bond donors (Lipinski definition) is 2.